The molecular formula is C59H115NO10. The Hall–Kier alpha value is -1.15. The van der Waals surface area contributed by atoms with E-state index in [0.717, 1.165) is 51.4 Å². The van der Waals surface area contributed by atoms with E-state index < -0.39 is 74.2 Å². The molecule has 0 spiro atoms. The molecule has 0 aromatic rings. The molecule has 9 unspecified atom stereocenters. The third-order valence-electron chi connectivity index (χ3n) is 14.8. The Morgan fingerprint density at radius 1 is 0.486 bits per heavy atom. The molecule has 1 fully saturated rings. The quantitative estimate of drug-likeness (QED) is 0.0215. The summed E-state index contributed by atoms with van der Waals surface area (Å²) in [7, 11) is 0. The summed E-state index contributed by atoms with van der Waals surface area (Å²) >= 11 is 0. The van der Waals surface area contributed by atoms with E-state index in [9.17, 15) is 40.5 Å². The molecule has 1 heterocycles. The minimum atomic E-state index is -1.66. The fourth-order valence-corrected chi connectivity index (χ4v) is 9.91. The third-order valence-corrected chi connectivity index (χ3v) is 14.8. The first kappa shape index (κ1) is 66.9. The molecule has 1 aliphatic rings. The molecule has 0 aromatic heterocycles. The van der Waals surface area contributed by atoms with E-state index in [0.29, 0.717) is 19.3 Å². The Morgan fingerprint density at radius 2 is 0.829 bits per heavy atom. The van der Waals surface area contributed by atoms with Gasteiger partial charge in [-0.2, -0.15) is 0 Å². The lowest BCUT2D eigenvalue weighted by molar-refractivity contribution is -0.303. The molecule has 8 N–H and O–H groups in total. The van der Waals surface area contributed by atoms with Gasteiger partial charge in [-0.25, -0.2) is 0 Å². The number of hydrogen-bond donors (Lipinski definition) is 8. The van der Waals surface area contributed by atoms with Gasteiger partial charge in [-0.15, -0.1) is 0 Å². The van der Waals surface area contributed by atoms with Gasteiger partial charge in [0.25, 0.3) is 0 Å². The van der Waals surface area contributed by atoms with Gasteiger partial charge in [0, 0.05) is 0 Å². The molecule has 1 saturated heterocycles. The van der Waals surface area contributed by atoms with Gasteiger partial charge in [0.15, 0.2) is 6.29 Å². The molecule has 11 nitrogen and oxygen atoms in total. The summed E-state index contributed by atoms with van der Waals surface area (Å²) in [4.78, 5) is 13.2. The maximum atomic E-state index is 13.2. The number of aliphatic hydroxyl groups is 7. The molecule has 1 aliphatic heterocycles. The van der Waals surface area contributed by atoms with Crippen molar-refractivity contribution in [2.24, 2.45) is 0 Å². The summed E-state index contributed by atoms with van der Waals surface area (Å²) in [6.07, 6.45) is 45.6. The predicted octanol–water partition coefficient (Wildman–Crippen LogP) is 12.7. The topological polar surface area (TPSA) is 189 Å². The molecule has 11 heteroatoms. The van der Waals surface area contributed by atoms with Gasteiger partial charge in [0.05, 0.1) is 25.4 Å². The second-order valence-electron chi connectivity index (χ2n) is 21.4. The van der Waals surface area contributed by atoms with Gasteiger partial charge in [0.2, 0.25) is 5.91 Å². The van der Waals surface area contributed by atoms with Crippen LogP contribution in [0.4, 0.5) is 0 Å². The minimum absolute atomic E-state index is 0.249. The van der Waals surface area contributed by atoms with E-state index in [2.05, 4.69) is 31.3 Å². The van der Waals surface area contributed by atoms with Crippen LogP contribution in [-0.4, -0.2) is 110 Å². The predicted molar refractivity (Wildman–Crippen MR) is 289 cm³/mol. The first-order valence-corrected chi connectivity index (χ1v) is 30.1. The molecule has 416 valence electrons. The second kappa shape index (κ2) is 48.8. The number of carbonyl (C=O) groups excluding carboxylic acids is 1. The molecule has 1 rings (SSSR count). The van der Waals surface area contributed by atoms with Crippen LogP contribution in [0.15, 0.2) is 12.2 Å². The van der Waals surface area contributed by atoms with Crippen molar-refractivity contribution in [2.75, 3.05) is 13.2 Å². The van der Waals surface area contributed by atoms with Crippen LogP contribution in [0.1, 0.15) is 290 Å². The zero-order valence-corrected chi connectivity index (χ0v) is 45.5. The maximum absolute atomic E-state index is 13.2. The van der Waals surface area contributed by atoms with Gasteiger partial charge >= 0.3 is 0 Å². The first-order valence-electron chi connectivity index (χ1n) is 30.1. The molecular weight excluding hydrogens is 883 g/mol. The Morgan fingerprint density at radius 3 is 1.20 bits per heavy atom. The summed E-state index contributed by atoms with van der Waals surface area (Å²) in [6, 6.07) is -1.17. The van der Waals surface area contributed by atoms with Crippen LogP contribution in [-0.2, 0) is 14.3 Å². The molecule has 0 saturated carbocycles. The standard InChI is InChI=1S/C59H115NO10/c1-3-5-7-9-11-13-15-17-19-20-21-22-23-24-25-26-27-28-29-30-31-33-34-36-38-40-42-44-46-51(62)54(64)50(49-69-59-57(67)56(66)55(65)53(48-61)70-59)60-58(68)52(63)47-45-43-41-39-37-35-32-18-16-14-12-10-8-6-4-2/h32,35,50-57,59,61-67H,3-31,33-34,36-49H2,1-2H3,(H,60,68)/b35-32-. The average Bonchev–Trinajstić information content (AvgIpc) is 3.36. The number of amides is 1. The molecule has 0 aromatic carbocycles. The molecule has 0 radical (unpaired) electrons. The van der Waals surface area contributed by atoms with Gasteiger partial charge < -0.3 is 50.5 Å². The van der Waals surface area contributed by atoms with E-state index in [-0.39, 0.29) is 6.42 Å². The highest BCUT2D eigenvalue weighted by atomic mass is 16.7. The first-order chi connectivity index (χ1) is 34.2. The van der Waals surface area contributed by atoms with Gasteiger partial charge in [-0.05, 0) is 38.5 Å². The Kier molecular flexibility index (Phi) is 46.6. The maximum Gasteiger partial charge on any atom is 0.249 e. The highest BCUT2D eigenvalue weighted by Crippen LogP contribution is 2.24. The van der Waals surface area contributed by atoms with Gasteiger partial charge in [-0.3, -0.25) is 4.79 Å². The van der Waals surface area contributed by atoms with E-state index in [1.807, 2.05) is 0 Å². The van der Waals surface area contributed by atoms with E-state index in [4.69, 9.17) is 9.47 Å². The highest BCUT2D eigenvalue weighted by molar-refractivity contribution is 5.80. The third kappa shape index (κ3) is 36.7. The summed E-state index contributed by atoms with van der Waals surface area (Å²) in [5, 5.41) is 76.1. The Bertz CT molecular complexity index is 1140. The van der Waals surface area contributed by atoms with Crippen molar-refractivity contribution in [3.05, 3.63) is 12.2 Å². The molecule has 0 aliphatic carbocycles. The monoisotopic (exact) mass is 998 g/mol. The zero-order valence-electron chi connectivity index (χ0n) is 45.5. The summed E-state index contributed by atoms with van der Waals surface area (Å²) in [6.45, 7) is 3.48. The second-order valence-corrected chi connectivity index (χ2v) is 21.4. The van der Waals surface area contributed by atoms with Crippen molar-refractivity contribution < 1.29 is 50.0 Å². The van der Waals surface area contributed by atoms with Crippen molar-refractivity contribution >= 4 is 5.91 Å². The van der Waals surface area contributed by atoms with Crippen LogP contribution in [0.2, 0.25) is 0 Å². The molecule has 0 bridgehead atoms. The lowest BCUT2D eigenvalue weighted by atomic mass is 9.98. The Labute approximate surface area is 430 Å². The average molecular weight is 999 g/mol. The number of carbonyl (C=O) groups is 1. The fraction of sp³-hybridized carbons (Fsp3) is 0.949. The normalized spacial score (nSPS) is 20.3. The molecule has 1 amide bonds. The van der Waals surface area contributed by atoms with E-state index in [1.165, 1.54) is 199 Å². The number of rotatable bonds is 52. The van der Waals surface area contributed by atoms with Crippen molar-refractivity contribution in [3.8, 4) is 0 Å². The number of unbranched alkanes of at least 4 members (excludes halogenated alkanes) is 38. The van der Waals surface area contributed by atoms with Crippen LogP contribution < -0.4 is 5.32 Å². The minimum Gasteiger partial charge on any atom is -0.394 e. The number of hydrogen-bond acceptors (Lipinski definition) is 10. The van der Waals surface area contributed by atoms with E-state index in [1.54, 1.807) is 0 Å². The van der Waals surface area contributed by atoms with Crippen molar-refractivity contribution in [3.63, 3.8) is 0 Å². The summed E-state index contributed by atoms with van der Waals surface area (Å²) in [5.74, 6) is -0.701. The van der Waals surface area contributed by atoms with Crippen molar-refractivity contribution in [1.82, 2.24) is 5.32 Å². The van der Waals surface area contributed by atoms with Crippen molar-refractivity contribution in [1.29, 1.82) is 0 Å². The SMILES string of the molecule is CCCCCCCCC/C=C\CCCCCCC(O)C(=O)NC(COC1OC(CO)C(O)C(O)C1O)C(O)C(O)CCCCCCCCCCCCCCCCCCCCCCCCCCCCCC. The smallest absolute Gasteiger partial charge is 0.249 e. The lowest BCUT2D eigenvalue weighted by Crippen LogP contribution is -2.60. The van der Waals surface area contributed by atoms with Crippen molar-refractivity contribution in [2.45, 2.75) is 345 Å². The van der Waals surface area contributed by atoms with Gasteiger partial charge in [0.1, 0.15) is 36.6 Å². The lowest BCUT2D eigenvalue weighted by Gasteiger charge is -2.40. The number of ether oxygens (including phenoxy) is 2. The number of aliphatic hydroxyl groups excluding tert-OH is 7. The highest BCUT2D eigenvalue weighted by Gasteiger charge is 2.44. The van der Waals surface area contributed by atoms with Gasteiger partial charge in [-0.1, -0.05) is 264 Å². The Balaban J connectivity index is 2.25. The van der Waals surface area contributed by atoms with Crippen LogP contribution in [0.5, 0.6) is 0 Å². The largest absolute Gasteiger partial charge is 0.394 e. The van der Waals surface area contributed by atoms with E-state index >= 15 is 0 Å². The zero-order chi connectivity index (χ0) is 51.1. The number of allylic oxidation sites excluding steroid dienone is 2. The number of nitrogens with one attached hydrogen (secondary N) is 1. The molecule has 9 atom stereocenters. The van der Waals surface area contributed by atoms with Crippen LogP contribution in [0.3, 0.4) is 0 Å². The molecule has 70 heavy (non-hydrogen) atoms. The summed E-state index contributed by atoms with van der Waals surface area (Å²) < 4.78 is 11.1. The van der Waals surface area contributed by atoms with Crippen LogP contribution >= 0.6 is 0 Å². The van der Waals surface area contributed by atoms with Crippen LogP contribution in [0, 0.1) is 0 Å². The van der Waals surface area contributed by atoms with Crippen LogP contribution in [0.25, 0.3) is 0 Å². The fourth-order valence-electron chi connectivity index (χ4n) is 9.91. The summed E-state index contributed by atoms with van der Waals surface area (Å²) in [5.41, 5.74) is 0.